The van der Waals surface area contributed by atoms with Crippen LogP contribution in [0.4, 0.5) is 0 Å². The van der Waals surface area contributed by atoms with Crippen molar-refractivity contribution < 1.29 is 179 Å². The molecule has 7 aliphatic rings. The van der Waals surface area contributed by atoms with Crippen molar-refractivity contribution in [1.82, 2.24) is 0 Å². The molecule has 7 aliphatic heterocycles. The van der Waals surface area contributed by atoms with E-state index in [1.807, 2.05) is 0 Å². The summed E-state index contributed by atoms with van der Waals surface area (Å²) in [5.41, 5.74) is 0. The topological polar surface area (TPSA) is 585 Å². The van der Waals surface area contributed by atoms with Gasteiger partial charge in [0.05, 0.1) is 46.2 Å². The molecule has 0 bridgehead atoms. The van der Waals surface area contributed by atoms with Gasteiger partial charge in [0.25, 0.3) is 0 Å². The Kier molecular flexibility index (Phi) is 22.6. The third kappa shape index (κ3) is 13.2. The maximum absolute atomic E-state index is 12.0. The number of hydrogen-bond acceptors (Lipinski definition) is 36. The van der Waals surface area contributed by atoms with E-state index >= 15 is 0 Å². The molecule has 0 aromatic heterocycles. The van der Waals surface area contributed by atoms with E-state index in [2.05, 4.69) is 0 Å². The molecule has 23 N–H and O–H groups in total. The normalized spacial score (nSPS) is 53.5. The molecule has 0 radical (unpaired) electrons. The lowest BCUT2D eigenvalue weighted by Crippen LogP contribution is -2.67. The van der Waals surface area contributed by atoms with Crippen LogP contribution in [0.5, 0.6) is 0 Å². The van der Waals surface area contributed by atoms with E-state index in [4.69, 9.17) is 61.6 Å². The van der Waals surface area contributed by atoms with Crippen LogP contribution in [0, 0.1) is 0 Å². The fraction of sp³-hybridized carbons (Fsp3) is 1.00. The van der Waals surface area contributed by atoms with Crippen molar-refractivity contribution in [2.24, 2.45) is 0 Å². The van der Waals surface area contributed by atoms with E-state index in [9.17, 15) is 117 Å². The number of hydrogen-bond donors (Lipinski definition) is 23. The monoisotopic (exact) mass is 1150 g/mol. The van der Waals surface area contributed by atoms with Crippen molar-refractivity contribution in [3.05, 3.63) is 0 Å². The van der Waals surface area contributed by atoms with Gasteiger partial charge in [-0.3, -0.25) is 0 Å². The molecule has 0 spiro atoms. The summed E-state index contributed by atoms with van der Waals surface area (Å²) in [5.74, 6) is 0. The van der Waals surface area contributed by atoms with Gasteiger partial charge in [0, 0.05) is 0 Å². The van der Waals surface area contributed by atoms with E-state index in [1.165, 1.54) is 0 Å². The minimum Gasteiger partial charge on any atom is -0.394 e. The molecule has 7 saturated heterocycles. The first-order valence-electron chi connectivity index (χ1n) is 24.7. The smallest absolute Gasteiger partial charge is 0.187 e. The zero-order valence-electron chi connectivity index (χ0n) is 40.8. The number of aliphatic hydroxyl groups excluding tert-OH is 23. The van der Waals surface area contributed by atoms with Crippen LogP contribution in [0.2, 0.25) is 0 Å². The Labute approximate surface area is 439 Å². The molecule has 36 heteroatoms. The van der Waals surface area contributed by atoms with E-state index in [0.29, 0.717) is 0 Å². The lowest BCUT2D eigenvalue weighted by atomic mass is 9.96. The summed E-state index contributed by atoms with van der Waals surface area (Å²) < 4.78 is 73.3. The second-order valence-corrected chi connectivity index (χ2v) is 19.6. The molecule has 36 nitrogen and oxygen atoms in total. The minimum absolute atomic E-state index is 0.920. The van der Waals surface area contributed by atoms with Crippen molar-refractivity contribution in [2.45, 2.75) is 215 Å². The first-order chi connectivity index (χ1) is 36.9. The summed E-state index contributed by atoms with van der Waals surface area (Å²) in [7, 11) is 0. The quantitative estimate of drug-likeness (QED) is 0.0571. The molecule has 0 amide bonds. The summed E-state index contributed by atoms with van der Waals surface area (Å²) in [4.78, 5) is 0. The van der Waals surface area contributed by atoms with Crippen LogP contribution in [0.1, 0.15) is 0 Å². The van der Waals surface area contributed by atoms with Crippen LogP contribution in [-0.2, 0) is 61.6 Å². The molecule has 0 aromatic rings. The summed E-state index contributed by atoms with van der Waals surface area (Å²) >= 11 is 0. The zero-order chi connectivity index (χ0) is 57.3. The first-order valence-corrected chi connectivity index (χ1v) is 24.7. The largest absolute Gasteiger partial charge is 0.394 e. The van der Waals surface area contributed by atoms with Gasteiger partial charge in [-0.1, -0.05) is 0 Å². The van der Waals surface area contributed by atoms with Crippen molar-refractivity contribution in [3.63, 3.8) is 0 Å². The lowest BCUT2D eigenvalue weighted by Gasteiger charge is -2.49. The molecule has 78 heavy (non-hydrogen) atoms. The molecule has 7 heterocycles. The summed E-state index contributed by atoms with van der Waals surface area (Å²) in [6, 6.07) is 0. The van der Waals surface area contributed by atoms with Crippen molar-refractivity contribution in [1.29, 1.82) is 0 Å². The van der Waals surface area contributed by atoms with Crippen LogP contribution < -0.4 is 0 Å². The molecule has 0 saturated carbocycles. The molecular weight excluding hydrogens is 1080 g/mol. The fourth-order valence-corrected chi connectivity index (χ4v) is 9.74. The zero-order valence-corrected chi connectivity index (χ0v) is 40.8. The average Bonchev–Trinajstić information content (AvgIpc) is 3.45. The lowest BCUT2D eigenvalue weighted by molar-refractivity contribution is -0.395. The molecular formula is C42H72O36. The third-order valence-electron chi connectivity index (χ3n) is 14.5. The van der Waals surface area contributed by atoms with Gasteiger partial charge in [-0.05, 0) is 0 Å². The van der Waals surface area contributed by atoms with Crippen LogP contribution in [0.15, 0.2) is 0 Å². The van der Waals surface area contributed by atoms with Crippen molar-refractivity contribution in [3.8, 4) is 0 Å². The Morgan fingerprint density at radius 3 is 0.974 bits per heavy atom. The van der Waals surface area contributed by atoms with E-state index < -0.39 is 261 Å². The molecule has 456 valence electrons. The molecule has 0 aliphatic carbocycles. The Balaban J connectivity index is 1.16. The van der Waals surface area contributed by atoms with Crippen LogP contribution in [0.25, 0.3) is 0 Å². The van der Waals surface area contributed by atoms with Crippen molar-refractivity contribution >= 4 is 0 Å². The Bertz CT molecular complexity index is 1810. The van der Waals surface area contributed by atoms with Gasteiger partial charge in [-0.2, -0.15) is 0 Å². The Morgan fingerprint density at radius 1 is 0.218 bits per heavy atom. The Hall–Kier alpha value is -1.44. The summed E-state index contributed by atoms with van der Waals surface area (Å²) in [6.07, 6.45) is -69.7. The van der Waals surface area contributed by atoms with Gasteiger partial charge in [0.2, 0.25) is 0 Å². The highest BCUT2D eigenvalue weighted by Crippen LogP contribution is 2.36. The van der Waals surface area contributed by atoms with Gasteiger partial charge in [0.1, 0.15) is 171 Å². The molecule has 0 unspecified atom stereocenters. The minimum atomic E-state index is -2.32. The third-order valence-corrected chi connectivity index (χ3v) is 14.5. The second-order valence-electron chi connectivity index (χ2n) is 19.6. The number of aliphatic hydroxyl groups is 23. The van der Waals surface area contributed by atoms with Gasteiger partial charge < -0.3 is 179 Å². The maximum atomic E-state index is 12.0. The van der Waals surface area contributed by atoms with E-state index in [-0.39, 0.29) is 0 Å². The predicted molar refractivity (Wildman–Crippen MR) is 232 cm³/mol. The standard InChI is InChI=1S/C42H72O36/c43-1-8-15(48)21(54)28(61)38(69-8)77-34-24(57)17(50)10(3-45)71-41(34)67-7-14-20(53)33(76-42-35(25(58)18(51)11(4-46)72-42)78-39-29(62)22(55)16(49)9(2-44)70-39)31(64)37(73-14)66-6-13-19(52)23(56)30(63)40(74-13)75-32-12(5-47)68-36(65)27(60)26(32)59/h8-65H,1-7H2/t8-,9-,10-,11-,12-,13-,14-,15-,16-,17-,18-,19-,20-,21+,22+,23+,24+,25+,26-,27+,28+,29+,30+,31+,32-,33+,34+,35+,36+,37+,38-,39-,40+,41+,42-/m1/s1. The fourth-order valence-electron chi connectivity index (χ4n) is 9.74. The molecule has 7 fully saturated rings. The number of ether oxygens (including phenoxy) is 13. The molecule has 0 aromatic carbocycles. The van der Waals surface area contributed by atoms with Crippen LogP contribution >= 0.6 is 0 Å². The van der Waals surface area contributed by atoms with Gasteiger partial charge >= 0.3 is 0 Å². The van der Waals surface area contributed by atoms with E-state index in [0.717, 1.165) is 0 Å². The van der Waals surface area contributed by atoms with Crippen molar-refractivity contribution in [2.75, 3.05) is 46.2 Å². The SMILES string of the molecule is OC[C@H]1O[C@H](O[C@@H]2[C@@H](OC[C@H]3O[C@H](OC[C@H]4O[C@@H](O[C@H]5[C@H](O)[C@H](O)[C@@H](O)O[C@@H]5CO)[C@@H](O)[C@@H](O)[C@@H]4O)[C@@H](O)[C@@H](O[C@H]4O[C@H](CO)[C@@H](O)[C@H](O)[C@@H]4O[C@H]4O[C@H](CO)[C@@H](O)[C@H](O)[C@@H]4O)[C@@H]3O)O[C@H](CO)[C@@H](O)[C@@H]2O)[C@@H](O)[C@@H](O)[C@@H]1O. The van der Waals surface area contributed by atoms with Crippen LogP contribution in [-0.4, -0.2) is 379 Å². The van der Waals surface area contributed by atoms with Gasteiger partial charge in [-0.15, -0.1) is 0 Å². The summed E-state index contributed by atoms with van der Waals surface area (Å²) in [6.45, 7) is -6.85. The van der Waals surface area contributed by atoms with Gasteiger partial charge in [0.15, 0.2) is 44.0 Å². The average molecular weight is 1150 g/mol. The molecule has 7 rings (SSSR count). The summed E-state index contributed by atoms with van der Waals surface area (Å²) in [5, 5.41) is 244. The highest BCUT2D eigenvalue weighted by Gasteiger charge is 2.57. The number of rotatable bonds is 19. The van der Waals surface area contributed by atoms with Crippen LogP contribution in [0.3, 0.4) is 0 Å². The van der Waals surface area contributed by atoms with Gasteiger partial charge in [-0.25, -0.2) is 0 Å². The Morgan fingerprint density at radius 2 is 0.526 bits per heavy atom. The first kappa shape index (κ1) is 64.1. The van der Waals surface area contributed by atoms with E-state index in [1.54, 1.807) is 0 Å². The highest BCUT2D eigenvalue weighted by atomic mass is 16.8. The predicted octanol–water partition coefficient (Wildman–Crippen LogP) is -16.3. The highest BCUT2D eigenvalue weighted by molar-refractivity contribution is 5.00. The maximum Gasteiger partial charge on any atom is 0.187 e. The molecule has 35 atom stereocenters. The second kappa shape index (κ2) is 27.5.